The lowest BCUT2D eigenvalue weighted by Crippen LogP contribution is -2.31. The van der Waals surface area contributed by atoms with Gasteiger partial charge in [-0.1, -0.05) is 18.2 Å². The first-order valence-corrected chi connectivity index (χ1v) is 9.69. The molecule has 1 saturated heterocycles. The Morgan fingerprint density at radius 3 is 2.55 bits per heavy atom. The van der Waals surface area contributed by atoms with Gasteiger partial charge in [0, 0.05) is 44.3 Å². The first-order valence-electron chi connectivity index (χ1n) is 8.87. The van der Waals surface area contributed by atoms with Crippen LogP contribution in [0, 0.1) is 0 Å². The number of hydrogen-bond donors (Lipinski definition) is 1. The molecular weight excluding hydrogens is 386 g/mol. The minimum Gasteiger partial charge on any atom is -0.378 e. The van der Waals surface area contributed by atoms with Crippen LogP contribution in [-0.4, -0.2) is 47.5 Å². The van der Waals surface area contributed by atoms with E-state index in [2.05, 4.69) is 22.1 Å². The van der Waals surface area contributed by atoms with Crippen LogP contribution in [0.2, 0.25) is 0 Å². The number of nitrogens with one attached hydrogen (secondary N) is 1. The van der Waals surface area contributed by atoms with E-state index < -0.39 is 0 Å². The summed E-state index contributed by atoms with van der Waals surface area (Å²) in [6.07, 6.45) is 6.49. The average molecular weight is 407 g/mol. The Balaban J connectivity index is 1.80. The van der Waals surface area contributed by atoms with Crippen molar-refractivity contribution in [3.05, 3.63) is 77.5 Å². The zero-order valence-electron chi connectivity index (χ0n) is 16.2. The van der Waals surface area contributed by atoms with Crippen molar-refractivity contribution >= 4 is 40.5 Å². The molecule has 148 valence electrons. The molecule has 1 fully saturated rings. The number of pyridine rings is 1. The Labute approximate surface area is 173 Å². The van der Waals surface area contributed by atoms with Crippen molar-refractivity contribution < 1.29 is 9.59 Å². The van der Waals surface area contributed by atoms with E-state index in [0.29, 0.717) is 22.2 Å². The number of rotatable bonds is 6. The average Bonchev–Trinajstić information content (AvgIpc) is 3.02. The number of amides is 2. The fourth-order valence-electron chi connectivity index (χ4n) is 2.57. The lowest BCUT2D eigenvalue weighted by atomic mass is 10.2. The molecule has 0 radical (unpaired) electrons. The third-order valence-electron chi connectivity index (χ3n) is 4.10. The third-order valence-corrected chi connectivity index (χ3v) is 5.11. The maximum atomic E-state index is 12.8. The first kappa shape index (κ1) is 20.3. The van der Waals surface area contributed by atoms with Gasteiger partial charge >= 0.3 is 0 Å². The van der Waals surface area contributed by atoms with Gasteiger partial charge in [-0.2, -0.15) is 0 Å². The van der Waals surface area contributed by atoms with E-state index in [1.54, 1.807) is 18.2 Å². The second kappa shape index (κ2) is 9.20. The minimum absolute atomic E-state index is 0.177. The third kappa shape index (κ3) is 4.91. The van der Waals surface area contributed by atoms with Crippen molar-refractivity contribution in [2.75, 3.05) is 25.5 Å². The molecule has 0 aliphatic carbocycles. The lowest BCUT2D eigenvalue weighted by Gasteiger charge is -2.12. The molecule has 29 heavy (non-hydrogen) atoms. The monoisotopic (exact) mass is 407 g/mol. The highest BCUT2D eigenvalue weighted by molar-refractivity contribution is 8.18. The predicted molar refractivity (Wildman–Crippen MR) is 117 cm³/mol. The van der Waals surface area contributed by atoms with Crippen molar-refractivity contribution in [1.29, 1.82) is 0 Å². The van der Waals surface area contributed by atoms with Crippen LogP contribution in [0.1, 0.15) is 15.9 Å². The van der Waals surface area contributed by atoms with Crippen LogP contribution in [0.4, 0.5) is 5.69 Å². The van der Waals surface area contributed by atoms with Gasteiger partial charge in [0.25, 0.3) is 11.8 Å². The van der Waals surface area contributed by atoms with Crippen molar-refractivity contribution in [3.8, 4) is 0 Å². The van der Waals surface area contributed by atoms with Crippen LogP contribution in [0.3, 0.4) is 0 Å². The Morgan fingerprint density at radius 2 is 1.93 bits per heavy atom. The topological polar surface area (TPSA) is 77.9 Å². The summed E-state index contributed by atoms with van der Waals surface area (Å²) < 4.78 is 0. The molecule has 7 nitrogen and oxygen atoms in total. The molecule has 2 heterocycles. The van der Waals surface area contributed by atoms with Gasteiger partial charge in [0.2, 0.25) is 0 Å². The smallest absolute Gasteiger partial charge is 0.271 e. The van der Waals surface area contributed by atoms with Crippen molar-refractivity contribution in [2.45, 2.75) is 0 Å². The highest BCUT2D eigenvalue weighted by Gasteiger charge is 2.32. The molecule has 8 heteroatoms. The molecular formula is C21H21N5O2S. The van der Waals surface area contributed by atoms with Crippen molar-refractivity contribution in [2.24, 2.45) is 5.10 Å². The van der Waals surface area contributed by atoms with Crippen LogP contribution in [-0.2, 0) is 4.79 Å². The largest absolute Gasteiger partial charge is 0.378 e. The second-order valence-corrected chi connectivity index (χ2v) is 7.38. The van der Waals surface area contributed by atoms with E-state index in [-0.39, 0.29) is 11.8 Å². The number of benzene rings is 1. The zero-order valence-corrected chi connectivity index (χ0v) is 17.0. The van der Waals surface area contributed by atoms with E-state index in [1.165, 1.54) is 29.1 Å². The summed E-state index contributed by atoms with van der Waals surface area (Å²) in [6.45, 7) is 3.99. The van der Waals surface area contributed by atoms with Gasteiger partial charge in [0.05, 0.1) is 4.91 Å². The number of anilines is 1. The lowest BCUT2D eigenvalue weighted by molar-refractivity contribution is -0.121. The standard InChI is InChI=1S/C21H21N5O2S/c1-4-13-26-20(28)18(14-15-5-7-17(8-6-15)25(2)3)29-21(26)24-23-19(27)16-9-11-22-12-10-16/h4-12,14H,1,13H2,2-3H3,(H,23,27)/b18-14+,24-21+. The highest BCUT2D eigenvalue weighted by atomic mass is 32.2. The number of amidine groups is 1. The van der Waals surface area contributed by atoms with Crippen LogP contribution in [0.25, 0.3) is 6.08 Å². The molecule has 1 aromatic carbocycles. The first-order chi connectivity index (χ1) is 14.0. The summed E-state index contributed by atoms with van der Waals surface area (Å²) in [5, 5.41) is 4.55. The van der Waals surface area contributed by atoms with Gasteiger partial charge < -0.3 is 4.90 Å². The van der Waals surface area contributed by atoms with E-state index in [1.807, 2.05) is 49.3 Å². The van der Waals surface area contributed by atoms with Crippen molar-refractivity contribution in [3.63, 3.8) is 0 Å². The molecule has 0 bridgehead atoms. The Kier molecular flexibility index (Phi) is 6.46. The van der Waals surface area contributed by atoms with Crippen LogP contribution >= 0.6 is 11.8 Å². The molecule has 2 aromatic rings. The predicted octanol–water partition coefficient (Wildman–Crippen LogP) is 2.95. The molecule has 1 aromatic heterocycles. The highest BCUT2D eigenvalue weighted by Crippen LogP contribution is 2.32. The molecule has 1 aliphatic rings. The molecule has 0 saturated carbocycles. The normalized spacial score (nSPS) is 16.3. The van der Waals surface area contributed by atoms with Gasteiger partial charge in [-0.25, -0.2) is 5.43 Å². The molecule has 3 rings (SSSR count). The van der Waals surface area contributed by atoms with E-state index in [9.17, 15) is 9.59 Å². The molecule has 1 N–H and O–H groups in total. The molecule has 0 atom stereocenters. The quantitative estimate of drug-likeness (QED) is 0.453. The van der Waals surface area contributed by atoms with Gasteiger partial charge in [-0.15, -0.1) is 11.7 Å². The van der Waals surface area contributed by atoms with E-state index in [0.717, 1.165) is 11.3 Å². The van der Waals surface area contributed by atoms with Gasteiger partial charge in [0.15, 0.2) is 5.17 Å². The number of hydrazone groups is 1. The number of thioether (sulfide) groups is 1. The summed E-state index contributed by atoms with van der Waals surface area (Å²) in [4.78, 5) is 32.9. The van der Waals surface area contributed by atoms with Gasteiger partial charge in [-0.3, -0.25) is 19.5 Å². The van der Waals surface area contributed by atoms with Crippen LogP contribution < -0.4 is 10.3 Å². The Morgan fingerprint density at radius 1 is 1.24 bits per heavy atom. The van der Waals surface area contributed by atoms with E-state index in [4.69, 9.17) is 0 Å². The van der Waals surface area contributed by atoms with E-state index >= 15 is 0 Å². The van der Waals surface area contributed by atoms with Crippen molar-refractivity contribution in [1.82, 2.24) is 15.3 Å². The molecule has 0 spiro atoms. The number of hydrogen-bond acceptors (Lipinski definition) is 6. The summed E-state index contributed by atoms with van der Waals surface area (Å²) >= 11 is 1.21. The maximum absolute atomic E-state index is 12.8. The second-order valence-electron chi connectivity index (χ2n) is 6.37. The fourth-order valence-corrected chi connectivity index (χ4v) is 3.52. The van der Waals surface area contributed by atoms with Crippen LogP contribution in [0.15, 0.2) is 71.5 Å². The number of nitrogens with zero attached hydrogens (tertiary/aromatic N) is 4. The SMILES string of the molecule is C=CCN1C(=O)/C(=C\c2ccc(N(C)C)cc2)S/C1=N/NC(=O)c1ccncc1. The Hall–Kier alpha value is -3.39. The van der Waals surface area contributed by atoms with Crippen LogP contribution in [0.5, 0.6) is 0 Å². The number of carbonyl (C=O) groups is 2. The van der Waals surface area contributed by atoms with Gasteiger partial charge in [0.1, 0.15) is 0 Å². The summed E-state index contributed by atoms with van der Waals surface area (Å²) in [7, 11) is 3.94. The molecule has 0 unspecified atom stereocenters. The molecule has 1 aliphatic heterocycles. The zero-order chi connectivity index (χ0) is 20.8. The minimum atomic E-state index is -0.372. The number of aromatic nitrogens is 1. The summed E-state index contributed by atoms with van der Waals surface area (Å²) in [6, 6.07) is 11.1. The number of carbonyl (C=O) groups excluding carboxylic acids is 2. The molecule has 2 amide bonds. The van der Waals surface area contributed by atoms with Gasteiger partial charge in [-0.05, 0) is 47.7 Å². The fraction of sp³-hybridized carbons (Fsp3) is 0.143. The summed E-state index contributed by atoms with van der Waals surface area (Å²) in [5.74, 6) is -0.549. The summed E-state index contributed by atoms with van der Waals surface area (Å²) in [5.41, 5.74) is 4.91. The maximum Gasteiger partial charge on any atom is 0.271 e. The Bertz CT molecular complexity index is 968.